The van der Waals surface area contributed by atoms with Gasteiger partial charge in [0.2, 0.25) is 11.9 Å². The third-order valence-electron chi connectivity index (χ3n) is 5.71. The van der Waals surface area contributed by atoms with E-state index in [2.05, 4.69) is 25.5 Å². The Morgan fingerprint density at radius 2 is 1.94 bits per heavy atom. The van der Waals surface area contributed by atoms with Gasteiger partial charge in [-0.1, -0.05) is 0 Å². The highest BCUT2D eigenvalue weighted by Gasteiger charge is 2.23. The van der Waals surface area contributed by atoms with Crippen LogP contribution in [0.15, 0.2) is 30.5 Å². The lowest BCUT2D eigenvalue weighted by molar-refractivity contribution is -0.129. The molecule has 0 aliphatic carbocycles. The minimum Gasteiger partial charge on any atom is -0.493 e. The Morgan fingerprint density at radius 3 is 2.65 bits per heavy atom. The highest BCUT2D eigenvalue weighted by atomic mass is 16.5. The molecule has 0 radical (unpaired) electrons. The van der Waals surface area contributed by atoms with Crippen LogP contribution in [0.5, 0.6) is 11.5 Å². The molecule has 1 aliphatic rings. The minimum atomic E-state index is -0.455. The Bertz CT molecular complexity index is 944. The maximum absolute atomic E-state index is 12.1. The topological polar surface area (TPSA) is 91.8 Å². The van der Waals surface area contributed by atoms with Crippen molar-refractivity contribution in [3.8, 4) is 11.5 Å². The molecule has 1 aliphatic heterocycles. The summed E-state index contributed by atoms with van der Waals surface area (Å²) in [7, 11) is 5.15. The quantitative estimate of drug-likeness (QED) is 0.453. The molecule has 2 aromatic rings. The van der Waals surface area contributed by atoms with E-state index in [1.54, 1.807) is 38.4 Å². The van der Waals surface area contributed by atoms with E-state index in [0.29, 0.717) is 36.3 Å². The maximum atomic E-state index is 12.1. The second-order valence-electron chi connectivity index (χ2n) is 9.48. The van der Waals surface area contributed by atoms with Gasteiger partial charge in [-0.2, -0.15) is 4.98 Å². The van der Waals surface area contributed by atoms with Gasteiger partial charge in [-0.25, -0.2) is 4.98 Å². The number of carbonyl (C=O) groups excluding carboxylic acids is 1. The van der Waals surface area contributed by atoms with Crippen molar-refractivity contribution in [2.45, 2.75) is 45.1 Å². The Labute approximate surface area is 202 Å². The molecule has 9 heteroatoms. The standard InChI is InChI=1S/C25H38N6O3/c1-25(2,18-23(32)30(3)4)29-22-11-12-26-24(28-22)27-19-9-10-20(33-5)21(17-19)34-16-8-15-31-13-6-7-14-31/h9-12,17H,6-8,13-16,18H2,1-5H3,(H2,26,27,28,29). The monoisotopic (exact) mass is 470 g/mol. The largest absolute Gasteiger partial charge is 0.493 e. The van der Waals surface area contributed by atoms with Crippen LogP contribution in [0.2, 0.25) is 0 Å². The van der Waals surface area contributed by atoms with Crippen molar-refractivity contribution in [2.24, 2.45) is 0 Å². The molecule has 1 saturated heterocycles. The van der Waals surface area contributed by atoms with Gasteiger partial charge in [-0.05, 0) is 64.4 Å². The fraction of sp³-hybridized carbons (Fsp3) is 0.560. The molecule has 9 nitrogen and oxygen atoms in total. The third-order valence-corrected chi connectivity index (χ3v) is 5.71. The minimum absolute atomic E-state index is 0.0519. The van der Waals surface area contributed by atoms with E-state index < -0.39 is 5.54 Å². The summed E-state index contributed by atoms with van der Waals surface area (Å²) < 4.78 is 11.5. The molecule has 3 rings (SSSR count). The highest BCUT2D eigenvalue weighted by Crippen LogP contribution is 2.31. The lowest BCUT2D eigenvalue weighted by Crippen LogP contribution is -2.38. The molecule has 0 bridgehead atoms. The highest BCUT2D eigenvalue weighted by molar-refractivity contribution is 5.77. The number of methoxy groups -OCH3 is 1. The number of anilines is 3. The number of hydrogen-bond donors (Lipinski definition) is 2. The van der Waals surface area contributed by atoms with E-state index in [1.165, 1.54) is 25.9 Å². The van der Waals surface area contributed by atoms with Gasteiger partial charge in [0.05, 0.1) is 13.7 Å². The van der Waals surface area contributed by atoms with Gasteiger partial charge in [0.25, 0.3) is 0 Å². The van der Waals surface area contributed by atoms with Crippen molar-refractivity contribution in [3.05, 3.63) is 30.5 Å². The number of carbonyl (C=O) groups is 1. The fourth-order valence-corrected chi connectivity index (χ4v) is 3.89. The number of amides is 1. The summed E-state index contributed by atoms with van der Waals surface area (Å²) in [4.78, 5) is 25.1. The van der Waals surface area contributed by atoms with E-state index in [1.807, 2.05) is 32.0 Å². The van der Waals surface area contributed by atoms with Gasteiger partial charge in [0, 0.05) is 50.6 Å². The molecular weight excluding hydrogens is 432 g/mol. The number of aromatic nitrogens is 2. The van der Waals surface area contributed by atoms with Gasteiger partial charge in [-0.3, -0.25) is 4.79 Å². The first-order valence-corrected chi connectivity index (χ1v) is 11.9. The van der Waals surface area contributed by atoms with E-state index in [9.17, 15) is 4.79 Å². The Kier molecular flexibility index (Phi) is 8.92. The number of rotatable bonds is 12. The van der Waals surface area contributed by atoms with Crippen LogP contribution in [0.3, 0.4) is 0 Å². The number of ether oxygens (including phenoxy) is 2. The van der Waals surface area contributed by atoms with Crippen molar-refractivity contribution in [3.63, 3.8) is 0 Å². The summed E-state index contributed by atoms with van der Waals surface area (Å²) in [6.45, 7) is 8.03. The van der Waals surface area contributed by atoms with E-state index in [4.69, 9.17) is 9.47 Å². The average Bonchev–Trinajstić information content (AvgIpc) is 3.30. The van der Waals surface area contributed by atoms with Gasteiger partial charge >= 0.3 is 0 Å². The predicted molar refractivity (Wildman–Crippen MR) is 135 cm³/mol. The van der Waals surface area contributed by atoms with Gasteiger partial charge in [0.15, 0.2) is 11.5 Å². The first-order valence-electron chi connectivity index (χ1n) is 11.9. The predicted octanol–water partition coefficient (Wildman–Crippen LogP) is 3.76. The molecule has 0 unspecified atom stereocenters. The molecule has 0 spiro atoms. The molecule has 0 atom stereocenters. The van der Waals surface area contributed by atoms with Crippen LogP contribution in [-0.2, 0) is 4.79 Å². The molecule has 186 valence electrons. The van der Waals surface area contributed by atoms with Crippen LogP contribution in [0, 0.1) is 0 Å². The zero-order chi connectivity index (χ0) is 24.6. The zero-order valence-corrected chi connectivity index (χ0v) is 21.1. The van der Waals surface area contributed by atoms with Crippen molar-refractivity contribution < 1.29 is 14.3 Å². The number of hydrogen-bond acceptors (Lipinski definition) is 8. The maximum Gasteiger partial charge on any atom is 0.229 e. The number of benzene rings is 1. The van der Waals surface area contributed by atoms with Crippen LogP contribution in [0.4, 0.5) is 17.5 Å². The zero-order valence-electron chi connectivity index (χ0n) is 21.1. The summed E-state index contributed by atoms with van der Waals surface area (Å²) in [5.74, 6) is 2.52. The molecular formula is C25H38N6O3. The smallest absolute Gasteiger partial charge is 0.229 e. The first-order chi connectivity index (χ1) is 16.3. The van der Waals surface area contributed by atoms with Crippen LogP contribution in [0.1, 0.15) is 39.5 Å². The van der Waals surface area contributed by atoms with E-state index in [0.717, 1.165) is 18.7 Å². The third kappa shape index (κ3) is 7.76. The lowest BCUT2D eigenvalue weighted by atomic mass is 10.00. The summed E-state index contributed by atoms with van der Waals surface area (Å²) in [5.41, 5.74) is 0.345. The van der Waals surface area contributed by atoms with Gasteiger partial charge < -0.3 is 29.9 Å². The number of nitrogens with zero attached hydrogens (tertiary/aromatic N) is 4. The molecule has 2 N–H and O–H groups in total. The Hall–Kier alpha value is -3.07. The van der Waals surface area contributed by atoms with Gasteiger partial charge in [0.1, 0.15) is 5.82 Å². The molecule has 1 amide bonds. The summed E-state index contributed by atoms with van der Waals surface area (Å²) in [6.07, 6.45) is 5.61. The average molecular weight is 471 g/mol. The second-order valence-corrected chi connectivity index (χ2v) is 9.48. The van der Waals surface area contributed by atoms with E-state index in [-0.39, 0.29) is 5.91 Å². The molecule has 34 heavy (non-hydrogen) atoms. The van der Waals surface area contributed by atoms with Crippen LogP contribution in [-0.4, -0.2) is 78.7 Å². The molecule has 1 aromatic heterocycles. The summed E-state index contributed by atoms with van der Waals surface area (Å²) in [6, 6.07) is 7.46. The lowest BCUT2D eigenvalue weighted by Gasteiger charge is -2.27. The fourth-order valence-electron chi connectivity index (χ4n) is 3.89. The van der Waals surface area contributed by atoms with Crippen LogP contribution < -0.4 is 20.1 Å². The SMILES string of the molecule is COc1ccc(Nc2nccc(NC(C)(C)CC(=O)N(C)C)n2)cc1OCCCN1CCCC1. The first kappa shape index (κ1) is 25.6. The van der Waals surface area contributed by atoms with Crippen molar-refractivity contribution in [2.75, 3.05) is 58.1 Å². The van der Waals surface area contributed by atoms with Crippen molar-refractivity contribution in [1.82, 2.24) is 19.8 Å². The molecule has 1 aromatic carbocycles. The Balaban J connectivity index is 1.61. The normalized spacial score (nSPS) is 14.0. The molecule has 1 fully saturated rings. The second kappa shape index (κ2) is 11.9. The van der Waals surface area contributed by atoms with E-state index >= 15 is 0 Å². The summed E-state index contributed by atoms with van der Waals surface area (Å²) in [5, 5.41) is 6.56. The molecule has 2 heterocycles. The summed E-state index contributed by atoms with van der Waals surface area (Å²) >= 11 is 0. The van der Waals surface area contributed by atoms with Gasteiger partial charge in [-0.15, -0.1) is 0 Å². The number of nitrogens with one attached hydrogen (secondary N) is 2. The number of likely N-dealkylation sites (tertiary alicyclic amines) is 1. The van der Waals surface area contributed by atoms with Crippen molar-refractivity contribution in [1.29, 1.82) is 0 Å². The Morgan fingerprint density at radius 1 is 1.18 bits per heavy atom. The molecule has 0 saturated carbocycles. The van der Waals surface area contributed by atoms with Crippen LogP contribution >= 0.6 is 0 Å². The van der Waals surface area contributed by atoms with Crippen molar-refractivity contribution >= 4 is 23.4 Å². The van der Waals surface area contributed by atoms with Crippen LogP contribution in [0.25, 0.3) is 0 Å².